The van der Waals surface area contributed by atoms with E-state index in [4.69, 9.17) is 27.9 Å². The molecular weight excluding hydrogens is 429 g/mol. The lowest BCUT2D eigenvalue weighted by atomic mass is 10.0. The van der Waals surface area contributed by atoms with Crippen molar-refractivity contribution >= 4 is 34.1 Å². The minimum Gasteiger partial charge on any atom is -0.388 e. The van der Waals surface area contributed by atoms with Gasteiger partial charge in [0.15, 0.2) is 0 Å². The average Bonchev–Trinajstić information content (AvgIpc) is 3.06. The maximum Gasteiger partial charge on any atom is 0.0791 e. The largest absolute Gasteiger partial charge is 0.388 e. The lowest BCUT2D eigenvalue weighted by Crippen LogP contribution is -2.22. The van der Waals surface area contributed by atoms with Crippen LogP contribution in [0.25, 0.3) is 10.9 Å². The predicted octanol–water partition coefficient (Wildman–Crippen LogP) is 5.91. The molecule has 0 saturated heterocycles. The third-order valence-corrected chi connectivity index (χ3v) is 6.34. The van der Waals surface area contributed by atoms with E-state index in [0.717, 1.165) is 38.9 Å². The summed E-state index contributed by atoms with van der Waals surface area (Å²) in [4.78, 5) is 0. The molecule has 2 heterocycles. The van der Waals surface area contributed by atoms with Crippen LogP contribution < -0.4 is 10.6 Å². The maximum atomic E-state index is 6.20. The van der Waals surface area contributed by atoms with Crippen molar-refractivity contribution in [1.82, 2.24) is 15.2 Å². The van der Waals surface area contributed by atoms with Crippen molar-refractivity contribution < 1.29 is 4.74 Å². The van der Waals surface area contributed by atoms with E-state index in [2.05, 4.69) is 47.4 Å². The smallest absolute Gasteiger partial charge is 0.0791 e. The Morgan fingerprint density at radius 2 is 1.94 bits per heavy atom. The number of methoxy groups -OCH3 is 1. The number of aryl methyl sites for hydroxylation is 1. The molecule has 0 amide bonds. The molecule has 1 aliphatic carbocycles. The Labute approximate surface area is 196 Å². The molecule has 1 aliphatic heterocycles. The molecule has 0 fully saturated rings. The Morgan fingerprint density at radius 3 is 2.55 bits per heavy atom. The van der Waals surface area contributed by atoms with Gasteiger partial charge in [-0.2, -0.15) is 0 Å². The summed E-state index contributed by atoms with van der Waals surface area (Å²) in [6.07, 6.45) is 10.9. The molecule has 4 rings (SSSR count). The summed E-state index contributed by atoms with van der Waals surface area (Å²) in [6, 6.07) is 4.05. The van der Waals surface area contributed by atoms with Gasteiger partial charge in [-0.25, -0.2) is 0 Å². The number of aromatic nitrogens is 1. The van der Waals surface area contributed by atoms with Crippen LogP contribution in [0.15, 0.2) is 49.2 Å². The van der Waals surface area contributed by atoms with Crippen LogP contribution in [-0.4, -0.2) is 37.9 Å². The maximum absolute atomic E-state index is 6.20. The van der Waals surface area contributed by atoms with Crippen molar-refractivity contribution in [2.45, 2.75) is 45.3 Å². The number of benzene rings is 1. The number of likely N-dealkylation sites (N-methyl/N-ethyl adjacent to an activating group) is 1. The van der Waals surface area contributed by atoms with Gasteiger partial charge in [0.25, 0.3) is 0 Å². The molecule has 4 nitrogen and oxygen atoms in total. The van der Waals surface area contributed by atoms with Gasteiger partial charge in [-0.05, 0) is 69.5 Å². The molecule has 2 aliphatic rings. The van der Waals surface area contributed by atoms with E-state index in [-0.39, 0.29) is 6.10 Å². The summed E-state index contributed by atoms with van der Waals surface area (Å²) >= 11 is 12.4. The number of fused-ring (bicyclic) bond motifs is 3. The molecule has 1 unspecified atom stereocenters. The summed E-state index contributed by atoms with van der Waals surface area (Å²) in [5.41, 5.74) is 5.32. The summed E-state index contributed by atoms with van der Waals surface area (Å²) in [7, 11) is 3.65. The van der Waals surface area contributed by atoms with Gasteiger partial charge >= 0.3 is 0 Å². The second-order valence-corrected chi connectivity index (χ2v) is 8.15. The fourth-order valence-electron chi connectivity index (χ4n) is 4.07. The molecule has 0 bridgehead atoms. The van der Waals surface area contributed by atoms with Crippen LogP contribution in [0.4, 0.5) is 0 Å². The zero-order valence-corrected chi connectivity index (χ0v) is 20.5. The first-order valence-electron chi connectivity index (χ1n) is 10.9. The van der Waals surface area contributed by atoms with Crippen molar-refractivity contribution in [2.75, 3.05) is 27.2 Å². The summed E-state index contributed by atoms with van der Waals surface area (Å²) in [5.74, 6) is 0. The zero-order chi connectivity index (χ0) is 22.8. The van der Waals surface area contributed by atoms with Crippen LogP contribution in [0.5, 0.6) is 0 Å². The standard InChI is InChI=1S/C15H18Cl2N2.C8H13NO.C2H4/c1-2-19-14-4-3-6-18-7-5-10(14)11-8-12(16)13(17)9-15(11)19;1-9-7-3-5-8(10-2)6-4-7;1-2/h8-9,18H,2-7H2,1H3;3-5,8-9H,6H2,1-2H3;1-2H2. The number of halogens is 2. The molecule has 2 N–H and O–H groups in total. The van der Waals surface area contributed by atoms with Gasteiger partial charge in [0.05, 0.1) is 21.7 Å². The van der Waals surface area contributed by atoms with Crippen LogP contribution in [0.2, 0.25) is 10.0 Å². The Morgan fingerprint density at radius 1 is 1.19 bits per heavy atom. The fraction of sp³-hybridized carbons (Fsp3) is 0.440. The lowest BCUT2D eigenvalue weighted by molar-refractivity contribution is 0.142. The van der Waals surface area contributed by atoms with Gasteiger partial charge in [0.1, 0.15) is 0 Å². The van der Waals surface area contributed by atoms with Crippen LogP contribution in [-0.2, 0) is 24.1 Å². The number of hydrogen-bond donors (Lipinski definition) is 2. The molecule has 1 aromatic carbocycles. The number of nitrogens with zero attached hydrogens (tertiary/aromatic N) is 1. The van der Waals surface area contributed by atoms with E-state index >= 15 is 0 Å². The Balaban J connectivity index is 0.000000241. The third-order valence-electron chi connectivity index (χ3n) is 5.62. The second-order valence-electron chi connectivity index (χ2n) is 7.33. The van der Waals surface area contributed by atoms with Crippen LogP contribution in [0.3, 0.4) is 0 Å². The number of hydrogen-bond acceptors (Lipinski definition) is 3. The first-order valence-corrected chi connectivity index (χ1v) is 11.6. The summed E-state index contributed by atoms with van der Waals surface area (Å²) in [6.45, 7) is 11.3. The second kappa shape index (κ2) is 13.0. The third kappa shape index (κ3) is 6.39. The van der Waals surface area contributed by atoms with Crippen LogP contribution in [0.1, 0.15) is 31.0 Å². The molecule has 0 saturated carbocycles. The Bertz CT molecular complexity index is 917. The summed E-state index contributed by atoms with van der Waals surface area (Å²) in [5, 5.41) is 9.12. The molecule has 2 aromatic rings. The van der Waals surface area contributed by atoms with E-state index in [0.29, 0.717) is 10.0 Å². The quantitative estimate of drug-likeness (QED) is 0.555. The first-order chi connectivity index (χ1) is 15.1. The van der Waals surface area contributed by atoms with E-state index in [1.54, 1.807) is 7.11 Å². The number of allylic oxidation sites excluding steroid dienone is 1. The fourth-order valence-corrected chi connectivity index (χ4v) is 4.39. The molecule has 1 aromatic heterocycles. The minimum absolute atomic E-state index is 0.275. The van der Waals surface area contributed by atoms with Gasteiger partial charge in [0, 0.05) is 37.5 Å². The SMILES string of the molecule is C=C.CCn1c2c(c3cc(Cl)c(Cl)cc31)CCNCCC2.CNC1=CCC(OC)C=C1. The van der Waals surface area contributed by atoms with E-state index in [9.17, 15) is 0 Å². The first kappa shape index (κ1) is 25.5. The van der Waals surface area contributed by atoms with Crippen molar-refractivity contribution in [2.24, 2.45) is 0 Å². The Hall–Kier alpha value is -1.72. The van der Waals surface area contributed by atoms with Gasteiger partial charge in [-0.1, -0.05) is 35.4 Å². The number of rotatable bonds is 3. The molecular formula is C25H35Cl2N3O. The molecule has 1 atom stereocenters. The topological polar surface area (TPSA) is 38.2 Å². The highest BCUT2D eigenvalue weighted by atomic mass is 35.5. The minimum atomic E-state index is 0.275. The molecule has 170 valence electrons. The molecule has 6 heteroatoms. The monoisotopic (exact) mass is 463 g/mol. The Kier molecular flexibility index (Phi) is 10.7. The van der Waals surface area contributed by atoms with Crippen molar-refractivity contribution in [3.8, 4) is 0 Å². The lowest BCUT2D eigenvalue weighted by Gasteiger charge is -2.14. The van der Waals surface area contributed by atoms with Gasteiger partial charge in [0.2, 0.25) is 0 Å². The zero-order valence-electron chi connectivity index (χ0n) is 18.9. The van der Waals surface area contributed by atoms with Crippen LogP contribution >= 0.6 is 23.2 Å². The highest BCUT2D eigenvalue weighted by Crippen LogP contribution is 2.34. The van der Waals surface area contributed by atoms with Crippen molar-refractivity contribution in [3.05, 3.63) is 70.5 Å². The van der Waals surface area contributed by atoms with Gasteiger partial charge < -0.3 is 19.9 Å². The van der Waals surface area contributed by atoms with E-state index < -0.39 is 0 Å². The van der Waals surface area contributed by atoms with Gasteiger partial charge in [-0.15, -0.1) is 13.2 Å². The number of ether oxygens (including phenoxy) is 1. The average molecular weight is 464 g/mol. The predicted molar refractivity (Wildman–Crippen MR) is 135 cm³/mol. The van der Waals surface area contributed by atoms with Crippen LogP contribution in [0, 0.1) is 0 Å². The van der Waals surface area contributed by atoms with Crippen molar-refractivity contribution in [3.63, 3.8) is 0 Å². The molecule has 0 spiro atoms. The normalized spacial score (nSPS) is 17.8. The van der Waals surface area contributed by atoms with E-state index in [1.807, 2.05) is 25.3 Å². The number of nitrogens with one attached hydrogen (secondary N) is 2. The van der Waals surface area contributed by atoms with E-state index in [1.165, 1.54) is 34.3 Å². The van der Waals surface area contributed by atoms with Gasteiger partial charge in [-0.3, -0.25) is 0 Å². The highest BCUT2D eigenvalue weighted by Gasteiger charge is 2.18. The van der Waals surface area contributed by atoms with Crippen molar-refractivity contribution in [1.29, 1.82) is 0 Å². The summed E-state index contributed by atoms with van der Waals surface area (Å²) < 4.78 is 7.53. The molecule has 31 heavy (non-hydrogen) atoms. The molecule has 0 radical (unpaired) electrons. The highest BCUT2D eigenvalue weighted by molar-refractivity contribution is 6.42.